The predicted molar refractivity (Wildman–Crippen MR) is 95.8 cm³/mol. The van der Waals surface area contributed by atoms with Crippen LogP contribution in [0.1, 0.15) is 18.4 Å². The number of nitrogens with two attached hydrogens (primary N) is 1. The number of aromatic nitrogens is 1. The van der Waals surface area contributed by atoms with Crippen molar-refractivity contribution in [2.24, 2.45) is 16.6 Å². The van der Waals surface area contributed by atoms with Crippen molar-refractivity contribution in [2.75, 3.05) is 23.9 Å². The van der Waals surface area contributed by atoms with Crippen molar-refractivity contribution in [2.45, 2.75) is 12.8 Å². The van der Waals surface area contributed by atoms with Crippen molar-refractivity contribution < 1.29 is 4.79 Å². The van der Waals surface area contributed by atoms with Gasteiger partial charge in [0.2, 0.25) is 0 Å². The Labute approximate surface area is 141 Å². The maximum atomic E-state index is 11.6. The van der Waals surface area contributed by atoms with Gasteiger partial charge in [-0.05, 0) is 37.3 Å². The summed E-state index contributed by atoms with van der Waals surface area (Å²) >= 11 is 5.62. The second-order valence-corrected chi connectivity index (χ2v) is 5.64. The molecule has 23 heavy (non-hydrogen) atoms. The van der Waals surface area contributed by atoms with E-state index in [2.05, 4.69) is 21.5 Å². The van der Waals surface area contributed by atoms with Gasteiger partial charge in [0.25, 0.3) is 0 Å². The number of aliphatic imine (C=N–C) groups is 1. The molecule has 0 bridgehead atoms. The summed E-state index contributed by atoms with van der Waals surface area (Å²) in [5.41, 5.74) is 6.74. The molecule has 1 aliphatic heterocycles. The molecule has 2 heterocycles. The highest BCUT2D eigenvalue weighted by molar-refractivity contribution is 6.27. The van der Waals surface area contributed by atoms with Crippen LogP contribution in [0.4, 0.5) is 5.82 Å². The summed E-state index contributed by atoms with van der Waals surface area (Å²) in [5, 5.41) is 0. The first-order valence-corrected chi connectivity index (χ1v) is 8.09. The van der Waals surface area contributed by atoms with Crippen LogP contribution in [-0.4, -0.2) is 36.0 Å². The fourth-order valence-corrected chi connectivity index (χ4v) is 2.76. The molecule has 0 aromatic carbocycles. The van der Waals surface area contributed by atoms with Gasteiger partial charge in [-0.3, -0.25) is 9.79 Å². The van der Waals surface area contributed by atoms with E-state index in [0.29, 0.717) is 5.70 Å². The van der Waals surface area contributed by atoms with Gasteiger partial charge in [0.15, 0.2) is 5.78 Å². The number of carbonyl (C=O) groups is 1. The number of Topliss-reactive ketones (excluding diaryl/α,β-unsaturated/α-hetero) is 1. The van der Waals surface area contributed by atoms with Gasteiger partial charge in [-0.15, -0.1) is 11.6 Å². The average molecular weight is 333 g/mol. The van der Waals surface area contributed by atoms with E-state index < -0.39 is 0 Å². The van der Waals surface area contributed by atoms with Crippen molar-refractivity contribution in [3.8, 4) is 0 Å². The van der Waals surface area contributed by atoms with Crippen LogP contribution in [0.5, 0.6) is 0 Å². The predicted octanol–water partition coefficient (Wildman–Crippen LogP) is 2.62. The lowest BCUT2D eigenvalue weighted by Gasteiger charge is -2.31. The number of ketones is 1. The Hall–Kier alpha value is -2.14. The third kappa shape index (κ3) is 4.66. The molecule has 2 rings (SSSR count). The maximum absolute atomic E-state index is 11.6. The van der Waals surface area contributed by atoms with Gasteiger partial charge >= 0.3 is 0 Å². The van der Waals surface area contributed by atoms with E-state index in [9.17, 15) is 4.79 Å². The molecule has 5 nitrogen and oxygen atoms in total. The molecule has 1 fully saturated rings. The molecule has 0 spiro atoms. The normalized spacial score (nSPS) is 16.3. The Kier molecular flexibility index (Phi) is 6.35. The molecule has 6 heteroatoms. The molecule has 1 saturated heterocycles. The Bertz CT molecular complexity index is 602. The number of pyridine rings is 1. The van der Waals surface area contributed by atoms with Crippen LogP contribution in [0, 0.1) is 5.92 Å². The highest BCUT2D eigenvalue weighted by atomic mass is 35.5. The minimum Gasteiger partial charge on any atom is -0.405 e. The van der Waals surface area contributed by atoms with E-state index in [-0.39, 0.29) is 17.6 Å². The van der Waals surface area contributed by atoms with E-state index in [0.717, 1.165) is 37.3 Å². The van der Waals surface area contributed by atoms with Crippen molar-refractivity contribution in [1.29, 1.82) is 0 Å². The number of carbonyl (C=O) groups excluding carboxylic acids is 1. The minimum absolute atomic E-state index is 0.0905. The first-order chi connectivity index (χ1) is 11.2. The lowest BCUT2D eigenvalue weighted by atomic mass is 9.93. The maximum Gasteiger partial charge on any atom is 0.150 e. The van der Waals surface area contributed by atoms with Crippen LogP contribution >= 0.6 is 11.6 Å². The quantitative estimate of drug-likeness (QED) is 0.642. The molecular weight excluding hydrogens is 312 g/mol. The largest absolute Gasteiger partial charge is 0.405 e. The van der Waals surface area contributed by atoms with Gasteiger partial charge in [0.05, 0.1) is 11.6 Å². The second kappa shape index (κ2) is 8.48. The highest BCUT2D eigenvalue weighted by Crippen LogP contribution is 2.24. The number of anilines is 1. The number of nitrogens with zero attached hydrogens (tertiary/aromatic N) is 3. The van der Waals surface area contributed by atoms with Crippen LogP contribution in [0.2, 0.25) is 0 Å². The van der Waals surface area contributed by atoms with Crippen LogP contribution in [0.3, 0.4) is 0 Å². The lowest BCUT2D eigenvalue weighted by molar-refractivity contribution is -0.120. The zero-order valence-electron chi connectivity index (χ0n) is 13.0. The summed E-state index contributed by atoms with van der Waals surface area (Å²) < 4.78 is 0. The highest BCUT2D eigenvalue weighted by Gasteiger charge is 2.24. The topological polar surface area (TPSA) is 71.6 Å². The Morgan fingerprint density at radius 1 is 1.48 bits per heavy atom. The fourth-order valence-electron chi connectivity index (χ4n) is 2.54. The molecule has 1 aliphatic rings. The van der Waals surface area contributed by atoms with Crippen molar-refractivity contribution in [3.63, 3.8) is 0 Å². The summed E-state index contributed by atoms with van der Waals surface area (Å²) in [5.74, 6) is 1.26. The van der Waals surface area contributed by atoms with E-state index in [1.807, 2.05) is 12.1 Å². The number of hydrogen-bond donors (Lipinski definition) is 1. The van der Waals surface area contributed by atoms with Crippen molar-refractivity contribution in [3.05, 3.63) is 42.7 Å². The van der Waals surface area contributed by atoms with Crippen molar-refractivity contribution >= 4 is 35.1 Å². The third-order valence-electron chi connectivity index (χ3n) is 3.91. The van der Waals surface area contributed by atoms with Crippen molar-refractivity contribution in [1.82, 2.24) is 4.98 Å². The molecule has 2 N–H and O–H groups in total. The molecule has 0 atom stereocenters. The molecule has 0 unspecified atom stereocenters. The molecule has 0 radical (unpaired) electrons. The average Bonchev–Trinajstić information content (AvgIpc) is 2.61. The summed E-state index contributed by atoms with van der Waals surface area (Å²) in [6, 6.07) is 3.91. The monoisotopic (exact) mass is 332 g/mol. The Morgan fingerprint density at radius 2 is 2.22 bits per heavy atom. The van der Waals surface area contributed by atoms with Gasteiger partial charge < -0.3 is 10.6 Å². The molecule has 1 aromatic rings. The minimum atomic E-state index is 0.0905. The first kappa shape index (κ1) is 17.2. The number of rotatable bonds is 6. The molecule has 0 amide bonds. The Morgan fingerprint density at radius 3 is 2.78 bits per heavy atom. The molecule has 1 aromatic heterocycles. The zero-order chi connectivity index (χ0) is 16.7. The van der Waals surface area contributed by atoms with Crippen LogP contribution < -0.4 is 10.6 Å². The van der Waals surface area contributed by atoms with E-state index in [1.54, 1.807) is 18.5 Å². The zero-order valence-corrected chi connectivity index (χ0v) is 13.7. The second-order valence-electron chi connectivity index (χ2n) is 5.38. The fraction of sp³-hybridized carbons (Fsp3) is 0.353. The standard InChI is InChI=1S/C17H21ClN4O/c1-13(20-8-2-7-19)15-3-4-17(21-12-15)22-9-5-14(6-10-22)16(23)11-18/h2-4,7-8,12,14H,1,5-6,9-11,19H2/b7-2-,20-8-. The van der Waals surface area contributed by atoms with Gasteiger partial charge in [-0.2, -0.15) is 0 Å². The van der Waals surface area contributed by atoms with Gasteiger partial charge in [-0.25, -0.2) is 4.98 Å². The summed E-state index contributed by atoms with van der Waals surface area (Å²) in [7, 11) is 0. The van der Waals surface area contributed by atoms with E-state index in [4.69, 9.17) is 17.3 Å². The first-order valence-electron chi connectivity index (χ1n) is 7.55. The number of hydrogen-bond acceptors (Lipinski definition) is 5. The van der Waals surface area contributed by atoms with Crippen LogP contribution in [-0.2, 0) is 4.79 Å². The number of alkyl halides is 1. The molecule has 0 aliphatic carbocycles. The lowest BCUT2D eigenvalue weighted by Crippen LogP contribution is -2.37. The molecule has 0 saturated carbocycles. The summed E-state index contributed by atoms with van der Waals surface area (Å²) in [6.45, 7) is 5.54. The number of halogens is 1. The third-order valence-corrected chi connectivity index (χ3v) is 4.18. The van der Waals surface area contributed by atoms with Gasteiger partial charge in [0.1, 0.15) is 5.82 Å². The van der Waals surface area contributed by atoms with Gasteiger partial charge in [0, 0.05) is 37.0 Å². The smallest absolute Gasteiger partial charge is 0.150 e. The van der Waals surface area contributed by atoms with E-state index in [1.165, 1.54) is 6.20 Å². The summed E-state index contributed by atoms with van der Waals surface area (Å²) in [6.07, 6.45) is 8.07. The summed E-state index contributed by atoms with van der Waals surface area (Å²) in [4.78, 5) is 22.5. The SMILES string of the molecule is C=C(/N=C\C=C/N)c1ccc(N2CCC(C(=O)CCl)CC2)nc1. The van der Waals surface area contributed by atoms with Gasteiger partial charge in [-0.1, -0.05) is 6.58 Å². The number of allylic oxidation sites excluding steroid dienone is 1. The molecule has 122 valence electrons. The molecular formula is C17H21ClN4O. The van der Waals surface area contributed by atoms with Crippen LogP contribution in [0.25, 0.3) is 5.70 Å². The van der Waals surface area contributed by atoms with E-state index >= 15 is 0 Å². The Balaban J connectivity index is 1.95. The number of piperidine rings is 1. The van der Waals surface area contributed by atoms with Crippen LogP contribution in [0.15, 0.2) is 42.2 Å².